The second-order valence-electron chi connectivity index (χ2n) is 8.67. The number of hydrogen-bond acceptors (Lipinski definition) is 6. The normalized spacial score (nSPS) is 14.7. The Morgan fingerprint density at radius 2 is 1.84 bits per heavy atom. The molecule has 0 bridgehead atoms. The predicted molar refractivity (Wildman–Crippen MR) is 142 cm³/mol. The van der Waals surface area contributed by atoms with E-state index in [0.29, 0.717) is 28.1 Å². The summed E-state index contributed by atoms with van der Waals surface area (Å²) >= 11 is 0. The van der Waals surface area contributed by atoms with Crippen LogP contribution in [0.2, 0.25) is 0 Å². The summed E-state index contributed by atoms with van der Waals surface area (Å²) in [5.74, 6) is -0.441. The van der Waals surface area contributed by atoms with Crippen LogP contribution in [0.15, 0.2) is 102 Å². The number of carbonyl (C=O) groups excluding carboxylic acids is 2. The van der Waals surface area contributed by atoms with E-state index in [1.165, 1.54) is 0 Å². The highest BCUT2D eigenvalue weighted by atomic mass is 16.5. The van der Waals surface area contributed by atoms with Crippen LogP contribution in [-0.2, 0) is 16.1 Å². The number of imide groups is 1. The summed E-state index contributed by atoms with van der Waals surface area (Å²) in [7, 11) is 1.59. The van der Waals surface area contributed by atoms with Crippen molar-refractivity contribution in [2.24, 2.45) is 0 Å². The number of nitrogens with zero attached hydrogens (tertiary/aromatic N) is 5. The van der Waals surface area contributed by atoms with Crippen LogP contribution < -0.4 is 4.74 Å². The summed E-state index contributed by atoms with van der Waals surface area (Å²) in [5.41, 5.74) is 4.09. The molecule has 0 spiro atoms. The summed E-state index contributed by atoms with van der Waals surface area (Å²) in [4.78, 5) is 31.9. The number of benzene rings is 2. The molecule has 1 aliphatic rings. The van der Waals surface area contributed by atoms with Crippen LogP contribution >= 0.6 is 0 Å². The van der Waals surface area contributed by atoms with Crippen LogP contribution in [0, 0.1) is 11.3 Å². The van der Waals surface area contributed by atoms with E-state index in [1.807, 2.05) is 66.9 Å². The molecule has 0 saturated carbocycles. The van der Waals surface area contributed by atoms with Crippen molar-refractivity contribution in [2.75, 3.05) is 7.11 Å². The summed E-state index contributed by atoms with van der Waals surface area (Å²) in [5, 5.41) is 14.6. The van der Waals surface area contributed by atoms with E-state index in [-0.39, 0.29) is 17.7 Å². The van der Waals surface area contributed by atoms with E-state index in [0.717, 1.165) is 16.2 Å². The molecule has 0 unspecified atom stereocenters. The van der Waals surface area contributed by atoms with Crippen molar-refractivity contribution in [1.82, 2.24) is 19.7 Å². The van der Waals surface area contributed by atoms with Gasteiger partial charge in [-0.05, 0) is 54.5 Å². The van der Waals surface area contributed by atoms with Crippen LogP contribution in [-0.4, -0.2) is 38.6 Å². The van der Waals surface area contributed by atoms with Crippen molar-refractivity contribution >= 4 is 17.9 Å². The number of para-hydroxylation sites is 1. The van der Waals surface area contributed by atoms with Crippen molar-refractivity contribution in [3.8, 4) is 28.8 Å². The summed E-state index contributed by atoms with van der Waals surface area (Å²) < 4.78 is 7.14. The van der Waals surface area contributed by atoms with Gasteiger partial charge in [-0.1, -0.05) is 36.4 Å². The van der Waals surface area contributed by atoms with Crippen LogP contribution in [0.4, 0.5) is 0 Å². The fraction of sp³-hybridized carbons (Fsp3) is 0.100. The SMILES string of the molecule is COc1cccc(-c2nn(-c3ccccc3)cc2/C=C2/C(=O)N(Cc3cccnc3)C(=O)C(C#N)=C2C)c1. The lowest BCUT2D eigenvalue weighted by atomic mass is 9.93. The molecular formula is C30H23N5O3. The molecule has 4 aromatic rings. The molecule has 0 fully saturated rings. The molecule has 2 amide bonds. The van der Waals surface area contributed by atoms with Gasteiger partial charge >= 0.3 is 0 Å². The smallest absolute Gasteiger partial charge is 0.271 e. The van der Waals surface area contributed by atoms with Crippen molar-refractivity contribution in [3.63, 3.8) is 0 Å². The minimum Gasteiger partial charge on any atom is -0.497 e. The zero-order valence-corrected chi connectivity index (χ0v) is 20.8. The molecule has 0 atom stereocenters. The lowest BCUT2D eigenvalue weighted by Crippen LogP contribution is -2.42. The molecule has 8 nitrogen and oxygen atoms in total. The molecule has 0 aliphatic carbocycles. The molecular weight excluding hydrogens is 478 g/mol. The number of hydrogen-bond donors (Lipinski definition) is 0. The zero-order valence-electron chi connectivity index (χ0n) is 20.8. The number of methoxy groups -OCH3 is 1. The Bertz CT molecular complexity index is 1630. The first-order valence-electron chi connectivity index (χ1n) is 11.9. The Kier molecular flexibility index (Phi) is 6.66. The van der Waals surface area contributed by atoms with Crippen molar-refractivity contribution in [1.29, 1.82) is 5.26 Å². The van der Waals surface area contributed by atoms with E-state index in [2.05, 4.69) is 4.98 Å². The third-order valence-electron chi connectivity index (χ3n) is 6.30. The summed E-state index contributed by atoms with van der Waals surface area (Å²) in [6.07, 6.45) is 6.72. The minimum absolute atomic E-state index is 0.00727. The van der Waals surface area contributed by atoms with Gasteiger partial charge < -0.3 is 4.74 Å². The fourth-order valence-corrected chi connectivity index (χ4v) is 4.30. The van der Waals surface area contributed by atoms with Gasteiger partial charge in [-0.25, -0.2) is 4.68 Å². The average Bonchev–Trinajstić information content (AvgIpc) is 3.39. The number of rotatable bonds is 6. The van der Waals surface area contributed by atoms with Gasteiger partial charge in [-0.2, -0.15) is 10.4 Å². The molecule has 8 heteroatoms. The van der Waals surface area contributed by atoms with E-state index >= 15 is 0 Å². The second kappa shape index (κ2) is 10.4. The second-order valence-corrected chi connectivity index (χ2v) is 8.67. The van der Waals surface area contributed by atoms with Gasteiger partial charge in [0, 0.05) is 35.3 Å². The standard InChI is InChI=1S/C30H23N5O3/c1-20-26(29(36)34(30(37)27(20)16-31)18-21-8-7-13-32-17-21)15-23-19-35(24-10-4-3-5-11-24)33-28(23)22-9-6-12-25(14-22)38-2/h3-15,17,19H,18H2,1-2H3/b26-15+. The minimum atomic E-state index is -0.621. The summed E-state index contributed by atoms with van der Waals surface area (Å²) in [6.45, 7) is 1.63. The fourth-order valence-electron chi connectivity index (χ4n) is 4.30. The topological polar surface area (TPSA) is 101 Å². The van der Waals surface area contributed by atoms with Gasteiger partial charge in [0.1, 0.15) is 23.1 Å². The Hall–Kier alpha value is -5.29. The number of nitriles is 1. The van der Waals surface area contributed by atoms with Crippen molar-refractivity contribution < 1.29 is 14.3 Å². The molecule has 3 heterocycles. The Labute approximate surface area is 219 Å². The monoisotopic (exact) mass is 501 g/mol. The molecule has 0 radical (unpaired) electrons. The first-order chi connectivity index (χ1) is 18.5. The Balaban J connectivity index is 1.66. The molecule has 2 aromatic carbocycles. The number of amides is 2. The van der Waals surface area contributed by atoms with Gasteiger partial charge in [0.2, 0.25) is 0 Å². The quantitative estimate of drug-likeness (QED) is 0.280. The van der Waals surface area contributed by atoms with Gasteiger partial charge in [0.25, 0.3) is 11.8 Å². The van der Waals surface area contributed by atoms with Crippen molar-refractivity contribution in [3.05, 3.63) is 113 Å². The molecule has 0 saturated heterocycles. The van der Waals surface area contributed by atoms with E-state index in [1.54, 1.807) is 49.3 Å². The molecule has 186 valence electrons. The molecule has 5 rings (SSSR count). The lowest BCUT2D eigenvalue weighted by molar-refractivity contribution is -0.141. The van der Waals surface area contributed by atoms with Crippen LogP contribution in [0.3, 0.4) is 0 Å². The molecule has 38 heavy (non-hydrogen) atoms. The number of aromatic nitrogens is 3. The first-order valence-corrected chi connectivity index (χ1v) is 11.9. The van der Waals surface area contributed by atoms with Crippen molar-refractivity contribution in [2.45, 2.75) is 13.5 Å². The molecule has 2 aromatic heterocycles. The average molecular weight is 502 g/mol. The van der Waals surface area contributed by atoms with Gasteiger partial charge in [0.15, 0.2) is 0 Å². The van der Waals surface area contributed by atoms with Crippen LogP contribution in [0.25, 0.3) is 23.0 Å². The van der Waals surface area contributed by atoms with E-state index < -0.39 is 11.8 Å². The molecule has 0 N–H and O–H groups in total. The highest BCUT2D eigenvalue weighted by Crippen LogP contribution is 2.32. The maximum atomic E-state index is 13.7. The first kappa shape index (κ1) is 24.4. The maximum absolute atomic E-state index is 13.7. The molecule has 1 aliphatic heterocycles. The number of carbonyl (C=O) groups is 2. The Morgan fingerprint density at radius 1 is 1.03 bits per heavy atom. The Morgan fingerprint density at radius 3 is 2.55 bits per heavy atom. The highest BCUT2D eigenvalue weighted by Gasteiger charge is 2.35. The van der Waals surface area contributed by atoms with E-state index in [9.17, 15) is 14.9 Å². The van der Waals surface area contributed by atoms with E-state index in [4.69, 9.17) is 9.84 Å². The highest BCUT2D eigenvalue weighted by molar-refractivity contribution is 6.19. The lowest BCUT2D eigenvalue weighted by Gasteiger charge is -2.27. The zero-order chi connectivity index (χ0) is 26.6. The number of pyridine rings is 1. The van der Waals surface area contributed by atoms with Gasteiger partial charge in [0.05, 0.1) is 19.3 Å². The largest absolute Gasteiger partial charge is 0.497 e. The maximum Gasteiger partial charge on any atom is 0.271 e. The van der Waals surface area contributed by atoms with Crippen LogP contribution in [0.1, 0.15) is 18.1 Å². The number of ether oxygens (including phenoxy) is 1. The third-order valence-corrected chi connectivity index (χ3v) is 6.30. The predicted octanol–water partition coefficient (Wildman–Crippen LogP) is 4.74. The summed E-state index contributed by atoms with van der Waals surface area (Å²) in [6, 6.07) is 22.6. The van der Waals surface area contributed by atoms with Crippen LogP contribution in [0.5, 0.6) is 5.75 Å². The van der Waals surface area contributed by atoms with Gasteiger partial charge in [-0.3, -0.25) is 19.5 Å². The van der Waals surface area contributed by atoms with Gasteiger partial charge in [-0.15, -0.1) is 0 Å². The third kappa shape index (κ3) is 4.61.